The number of benzene rings is 10. The van der Waals surface area contributed by atoms with E-state index in [0.717, 1.165) is 79.8 Å². The van der Waals surface area contributed by atoms with E-state index in [1.54, 1.807) is 0 Å². The van der Waals surface area contributed by atoms with Crippen molar-refractivity contribution in [2.24, 2.45) is 0 Å². The van der Waals surface area contributed by atoms with Crippen molar-refractivity contribution in [2.45, 2.75) is 18.3 Å². The summed E-state index contributed by atoms with van der Waals surface area (Å²) in [5, 5.41) is 4.76. The maximum atomic E-state index is 6.50. The summed E-state index contributed by atoms with van der Waals surface area (Å²) in [5.41, 5.74) is 20.3. The third kappa shape index (κ3) is 6.73. The van der Waals surface area contributed by atoms with Gasteiger partial charge in [-0.2, -0.15) is 0 Å². The van der Waals surface area contributed by atoms with E-state index in [0.29, 0.717) is 0 Å². The van der Waals surface area contributed by atoms with Crippen molar-refractivity contribution in [3.63, 3.8) is 0 Å². The Morgan fingerprint density at radius 3 is 1.60 bits per heavy atom. The molecule has 0 saturated heterocycles. The maximum absolute atomic E-state index is 6.50. The smallest absolute Gasteiger partial charge is 0.143 e. The fourth-order valence-electron chi connectivity index (χ4n) is 11.4. The normalized spacial score (nSPS) is 12.6. The zero-order chi connectivity index (χ0) is 46.8. The van der Waals surface area contributed by atoms with Gasteiger partial charge in [0.05, 0.1) is 11.0 Å². The lowest BCUT2D eigenvalue weighted by Crippen LogP contribution is -2.31. The first-order valence-corrected chi connectivity index (χ1v) is 24.1. The molecule has 3 nitrogen and oxygen atoms in total. The van der Waals surface area contributed by atoms with Gasteiger partial charge in [0.25, 0.3) is 0 Å². The van der Waals surface area contributed by atoms with Crippen LogP contribution in [0.2, 0.25) is 0 Å². The minimum Gasteiger partial charge on any atom is -0.455 e. The molecule has 0 radical (unpaired) electrons. The van der Waals surface area contributed by atoms with Gasteiger partial charge in [0.2, 0.25) is 0 Å². The molecule has 0 atom stereocenters. The lowest BCUT2D eigenvalue weighted by atomic mass is 9.69. The number of hydrogen-bond donors (Lipinski definition) is 0. The number of fused-ring (bicyclic) bond motifs is 9. The molecule has 0 aliphatic heterocycles. The first-order valence-electron chi connectivity index (χ1n) is 24.1. The number of furan rings is 1. The lowest BCUT2D eigenvalue weighted by molar-refractivity contribution is 0.520. The van der Waals surface area contributed by atoms with Crippen LogP contribution < -0.4 is 4.90 Å². The van der Waals surface area contributed by atoms with Crippen molar-refractivity contribution in [1.82, 2.24) is 4.57 Å². The monoisotopic (exact) mass is 896 g/mol. The number of para-hydroxylation sites is 5. The van der Waals surface area contributed by atoms with Gasteiger partial charge in [-0.05, 0) is 130 Å². The van der Waals surface area contributed by atoms with Crippen LogP contribution in [0.4, 0.5) is 17.1 Å². The zero-order valence-corrected chi connectivity index (χ0v) is 38.7. The van der Waals surface area contributed by atoms with Crippen LogP contribution >= 0.6 is 0 Å². The SMILES string of the molecule is C=Cc1ccc(CC2(Cc3ccc(C=C)cc3)c3cc(N(c4ccccc4)c4ccc(-c5cccc6c5oc5ccccc56)cc4)ccc3-c3ccc(-n4c5ccccc5c5ccccc54)cc32)cc1. The maximum Gasteiger partial charge on any atom is 0.143 e. The average molecular weight is 897 g/mol. The molecule has 0 spiro atoms. The molecule has 1 aliphatic carbocycles. The number of rotatable bonds is 11. The van der Waals surface area contributed by atoms with Crippen LogP contribution in [0.1, 0.15) is 33.4 Å². The van der Waals surface area contributed by atoms with Gasteiger partial charge in [-0.15, -0.1) is 0 Å². The van der Waals surface area contributed by atoms with Crippen molar-refractivity contribution in [2.75, 3.05) is 4.90 Å². The van der Waals surface area contributed by atoms with Gasteiger partial charge < -0.3 is 13.9 Å². The lowest BCUT2D eigenvalue weighted by Gasteiger charge is -2.34. The molecular weight excluding hydrogens is 849 g/mol. The zero-order valence-electron chi connectivity index (χ0n) is 38.7. The van der Waals surface area contributed by atoms with E-state index in [9.17, 15) is 0 Å². The second-order valence-corrected chi connectivity index (χ2v) is 18.7. The van der Waals surface area contributed by atoms with Gasteiger partial charge in [0.1, 0.15) is 11.2 Å². The molecule has 3 heteroatoms. The molecule has 13 rings (SSSR count). The minimum atomic E-state index is -0.460. The molecule has 0 fully saturated rings. The Morgan fingerprint density at radius 1 is 0.429 bits per heavy atom. The predicted molar refractivity (Wildman–Crippen MR) is 295 cm³/mol. The fourth-order valence-corrected chi connectivity index (χ4v) is 11.4. The Balaban J connectivity index is 1.01. The highest BCUT2D eigenvalue weighted by Crippen LogP contribution is 2.55. The summed E-state index contributed by atoms with van der Waals surface area (Å²) < 4.78 is 8.95. The van der Waals surface area contributed by atoms with E-state index in [2.05, 4.69) is 241 Å². The van der Waals surface area contributed by atoms with Crippen molar-refractivity contribution < 1.29 is 4.42 Å². The third-order valence-electron chi connectivity index (χ3n) is 14.7. The van der Waals surface area contributed by atoms with E-state index in [1.807, 2.05) is 24.3 Å². The molecule has 0 unspecified atom stereocenters. The van der Waals surface area contributed by atoms with Crippen LogP contribution in [0.25, 0.3) is 83.8 Å². The predicted octanol–water partition coefficient (Wildman–Crippen LogP) is 17.9. The molecule has 332 valence electrons. The number of hydrogen-bond acceptors (Lipinski definition) is 2. The summed E-state index contributed by atoms with van der Waals surface area (Å²) in [7, 11) is 0. The molecule has 0 N–H and O–H groups in total. The number of anilines is 3. The molecule has 2 heterocycles. The van der Waals surface area contributed by atoms with E-state index in [1.165, 1.54) is 55.2 Å². The molecule has 2 aromatic heterocycles. The van der Waals surface area contributed by atoms with E-state index >= 15 is 0 Å². The minimum absolute atomic E-state index is 0.460. The van der Waals surface area contributed by atoms with Gasteiger partial charge in [-0.3, -0.25) is 0 Å². The third-order valence-corrected chi connectivity index (χ3v) is 14.7. The quantitative estimate of drug-likeness (QED) is 0.129. The van der Waals surface area contributed by atoms with Crippen molar-refractivity contribution in [3.05, 3.63) is 277 Å². The molecule has 12 aromatic rings. The Hall–Kier alpha value is -8.92. The van der Waals surface area contributed by atoms with E-state index in [-0.39, 0.29) is 0 Å². The van der Waals surface area contributed by atoms with Crippen molar-refractivity contribution in [3.8, 4) is 27.9 Å². The Kier molecular flexibility index (Phi) is 9.85. The van der Waals surface area contributed by atoms with Crippen molar-refractivity contribution >= 4 is 73.0 Å². The largest absolute Gasteiger partial charge is 0.455 e. The molecule has 70 heavy (non-hydrogen) atoms. The van der Waals surface area contributed by atoms with Crippen LogP contribution in [0.3, 0.4) is 0 Å². The van der Waals surface area contributed by atoms with Gasteiger partial charge in [-0.25, -0.2) is 0 Å². The van der Waals surface area contributed by atoms with Gasteiger partial charge >= 0.3 is 0 Å². The van der Waals surface area contributed by atoms with Gasteiger partial charge in [0.15, 0.2) is 0 Å². The van der Waals surface area contributed by atoms with E-state index in [4.69, 9.17) is 4.42 Å². The summed E-state index contributed by atoms with van der Waals surface area (Å²) in [6.45, 7) is 8.16. The Bertz CT molecular complexity index is 3860. The highest BCUT2D eigenvalue weighted by Gasteiger charge is 2.44. The van der Waals surface area contributed by atoms with Gasteiger partial charge in [0, 0.05) is 55.3 Å². The van der Waals surface area contributed by atoms with E-state index < -0.39 is 5.41 Å². The van der Waals surface area contributed by atoms with Crippen LogP contribution in [0, 0.1) is 0 Å². The van der Waals surface area contributed by atoms with Crippen LogP contribution in [-0.4, -0.2) is 4.57 Å². The molecule has 0 amide bonds. The molecular formula is C67H48N2O. The molecule has 0 saturated carbocycles. The van der Waals surface area contributed by atoms with Crippen LogP contribution in [0.5, 0.6) is 0 Å². The Morgan fingerprint density at radius 2 is 0.957 bits per heavy atom. The van der Waals surface area contributed by atoms with Gasteiger partial charge in [-0.1, -0.05) is 189 Å². The molecule has 0 bridgehead atoms. The number of nitrogens with zero attached hydrogens (tertiary/aromatic N) is 2. The highest BCUT2D eigenvalue weighted by molar-refractivity contribution is 6.10. The summed E-state index contributed by atoms with van der Waals surface area (Å²) in [6, 6.07) is 84.4. The average Bonchev–Trinajstić information content (AvgIpc) is 4.06. The first kappa shape index (κ1) is 41.3. The highest BCUT2D eigenvalue weighted by atomic mass is 16.3. The van der Waals surface area contributed by atoms with Crippen LogP contribution in [0.15, 0.2) is 248 Å². The topological polar surface area (TPSA) is 21.3 Å². The second kappa shape index (κ2) is 16.7. The summed E-state index contributed by atoms with van der Waals surface area (Å²) in [6.07, 6.45) is 5.44. The van der Waals surface area contributed by atoms with Crippen molar-refractivity contribution in [1.29, 1.82) is 0 Å². The second-order valence-electron chi connectivity index (χ2n) is 18.7. The molecule has 10 aromatic carbocycles. The molecule has 1 aliphatic rings. The summed E-state index contributed by atoms with van der Waals surface area (Å²) >= 11 is 0. The first-order chi connectivity index (χ1) is 34.6. The van der Waals surface area contributed by atoms with Crippen LogP contribution in [-0.2, 0) is 18.3 Å². The Labute approximate surface area is 408 Å². The fraction of sp³-hybridized carbons (Fsp3) is 0.0448. The number of aromatic nitrogens is 1. The summed E-state index contributed by atoms with van der Waals surface area (Å²) in [5.74, 6) is 0. The summed E-state index contributed by atoms with van der Waals surface area (Å²) in [4.78, 5) is 2.40. The standard InChI is InChI=1S/C67H48N2O/c1-3-45-25-29-47(30-26-45)43-67(44-48-31-27-46(4-2)28-32-48)61-41-52(37-39-55(61)56-40-38-53(42-62(56)67)69-63-22-11-8-17-57(63)58-18-9-12-23-64(58)69)68(50-15-6-5-7-16-50)51-35-33-49(34-36-51)54-20-14-21-60-59-19-10-13-24-65(59)70-66(54)60/h3-42H,1-2,43-44H2.